The maximum absolute atomic E-state index is 12.4. The quantitative estimate of drug-likeness (QED) is 0.770. The molecule has 98 valence electrons. The molecule has 1 aromatic carbocycles. The number of hydrogen-bond donors (Lipinski definition) is 2. The number of halogens is 1. The number of carbonyl (C=O) groups excluding carboxylic acids is 1. The fraction of sp³-hybridized carbons (Fsp3) is 0.500. The second-order valence-electron chi connectivity index (χ2n) is 5.54. The second-order valence-corrected chi connectivity index (χ2v) is 5.91. The molecule has 1 aliphatic rings. The maximum atomic E-state index is 12.4. The van der Waals surface area contributed by atoms with E-state index in [0.29, 0.717) is 5.56 Å². The number of benzene rings is 1. The Balaban J connectivity index is 2.71. The Kier molecular flexibility index (Phi) is 3.26. The predicted octanol–water partition coefficient (Wildman–Crippen LogP) is 2.79. The molecule has 2 N–H and O–H groups in total. The molecule has 3 nitrogen and oxygen atoms in total. The van der Waals surface area contributed by atoms with Crippen LogP contribution < -0.4 is 0 Å². The Labute approximate surface area is 111 Å². The Hall–Kier alpha value is -0.900. The summed E-state index contributed by atoms with van der Waals surface area (Å²) in [5.41, 5.74) is 2.06. The third-order valence-corrected chi connectivity index (χ3v) is 4.15. The summed E-state index contributed by atoms with van der Waals surface area (Å²) in [5, 5.41) is 18.8. The van der Waals surface area contributed by atoms with Crippen molar-refractivity contribution in [3.8, 4) is 0 Å². The lowest BCUT2D eigenvalue weighted by Crippen LogP contribution is -2.31. The molecule has 0 unspecified atom stereocenters. The average molecular weight is 269 g/mol. The van der Waals surface area contributed by atoms with E-state index in [1.165, 1.54) is 0 Å². The zero-order valence-corrected chi connectivity index (χ0v) is 11.5. The van der Waals surface area contributed by atoms with Gasteiger partial charge in [-0.05, 0) is 37.0 Å². The van der Waals surface area contributed by atoms with E-state index in [2.05, 4.69) is 0 Å². The van der Waals surface area contributed by atoms with E-state index in [1.807, 2.05) is 20.8 Å². The summed E-state index contributed by atoms with van der Waals surface area (Å²) in [6, 6.07) is 1.65. The largest absolute Gasteiger partial charge is 0.364 e. The first-order valence-electron chi connectivity index (χ1n) is 5.98. The van der Waals surface area contributed by atoms with E-state index in [0.717, 1.165) is 24.0 Å². The zero-order chi connectivity index (χ0) is 13.7. The van der Waals surface area contributed by atoms with Gasteiger partial charge in [0.25, 0.3) is 0 Å². The lowest BCUT2D eigenvalue weighted by Gasteiger charge is -2.32. The topological polar surface area (TPSA) is 57.5 Å². The minimum atomic E-state index is -1.65. The highest BCUT2D eigenvalue weighted by molar-refractivity contribution is 6.35. The summed E-state index contributed by atoms with van der Waals surface area (Å²) >= 11 is 6.17. The first-order chi connectivity index (χ1) is 8.25. The number of carbonyl (C=O) groups is 1. The molecule has 1 aromatic rings. The van der Waals surface area contributed by atoms with Crippen molar-refractivity contribution in [1.82, 2.24) is 0 Å². The van der Waals surface area contributed by atoms with Crippen molar-refractivity contribution in [2.75, 3.05) is 0 Å². The molecular weight excluding hydrogens is 252 g/mol. The van der Waals surface area contributed by atoms with Crippen molar-refractivity contribution in [2.45, 2.75) is 39.9 Å². The van der Waals surface area contributed by atoms with E-state index in [9.17, 15) is 15.0 Å². The van der Waals surface area contributed by atoms with Crippen LogP contribution in [0, 0.1) is 12.3 Å². The molecule has 0 atom stereocenters. The molecule has 18 heavy (non-hydrogen) atoms. The Morgan fingerprint density at radius 1 is 1.39 bits per heavy atom. The predicted molar refractivity (Wildman–Crippen MR) is 69.8 cm³/mol. The van der Waals surface area contributed by atoms with Crippen molar-refractivity contribution in [2.24, 2.45) is 5.41 Å². The number of aliphatic hydroxyl groups excluding tert-OH is 1. The molecule has 0 fully saturated rings. The highest BCUT2D eigenvalue weighted by atomic mass is 35.5. The van der Waals surface area contributed by atoms with Crippen LogP contribution in [0.1, 0.15) is 53.6 Å². The Morgan fingerprint density at radius 2 is 2.00 bits per heavy atom. The van der Waals surface area contributed by atoms with Gasteiger partial charge in [-0.15, -0.1) is 0 Å². The van der Waals surface area contributed by atoms with Gasteiger partial charge in [0.1, 0.15) is 0 Å². The average Bonchev–Trinajstić information content (AvgIpc) is 2.27. The SMILES string of the molecule is Cc1cc(C(O)O)c(Cl)c2c1CCC(C)(C)C2=O. The van der Waals surface area contributed by atoms with Gasteiger partial charge in [-0.25, -0.2) is 0 Å². The van der Waals surface area contributed by atoms with Crippen LogP contribution >= 0.6 is 11.6 Å². The van der Waals surface area contributed by atoms with Gasteiger partial charge in [0.05, 0.1) is 5.02 Å². The number of fused-ring (bicyclic) bond motifs is 1. The Bertz CT molecular complexity index is 518. The van der Waals surface area contributed by atoms with Crippen LogP contribution in [0.3, 0.4) is 0 Å². The fourth-order valence-electron chi connectivity index (χ4n) is 2.49. The van der Waals surface area contributed by atoms with Gasteiger partial charge >= 0.3 is 0 Å². The number of Topliss-reactive ketones (excluding diaryl/α,β-unsaturated/α-hetero) is 1. The number of rotatable bonds is 1. The van der Waals surface area contributed by atoms with Gasteiger partial charge < -0.3 is 10.2 Å². The molecule has 0 aliphatic heterocycles. The molecule has 4 heteroatoms. The molecule has 0 radical (unpaired) electrons. The molecular formula is C14H17ClO3. The molecule has 0 amide bonds. The van der Waals surface area contributed by atoms with E-state index >= 15 is 0 Å². The number of aliphatic hydroxyl groups is 2. The minimum absolute atomic E-state index is 0.0145. The van der Waals surface area contributed by atoms with Crippen molar-refractivity contribution in [1.29, 1.82) is 0 Å². The van der Waals surface area contributed by atoms with Gasteiger partial charge in [-0.1, -0.05) is 25.4 Å². The fourth-order valence-corrected chi connectivity index (χ4v) is 2.85. The van der Waals surface area contributed by atoms with Crippen LogP contribution in [0.2, 0.25) is 5.02 Å². The molecule has 0 spiro atoms. The van der Waals surface area contributed by atoms with Crippen LogP contribution in [0.4, 0.5) is 0 Å². The van der Waals surface area contributed by atoms with E-state index in [1.54, 1.807) is 6.07 Å². The van der Waals surface area contributed by atoms with Gasteiger partial charge in [0.15, 0.2) is 12.1 Å². The number of aryl methyl sites for hydroxylation is 1. The highest BCUT2D eigenvalue weighted by Crippen LogP contribution is 2.41. The van der Waals surface area contributed by atoms with E-state index in [-0.39, 0.29) is 16.4 Å². The molecule has 0 saturated carbocycles. The number of hydrogen-bond acceptors (Lipinski definition) is 3. The van der Waals surface area contributed by atoms with Crippen LogP contribution in [0.25, 0.3) is 0 Å². The van der Waals surface area contributed by atoms with Crippen molar-refractivity contribution < 1.29 is 15.0 Å². The minimum Gasteiger partial charge on any atom is -0.364 e. The standard InChI is InChI=1S/C14H17ClO3/c1-7-6-9(13(17)18)11(15)10-8(7)4-5-14(2,3)12(10)16/h6,13,17-18H,4-5H2,1-3H3. The third kappa shape index (κ3) is 1.96. The lowest BCUT2D eigenvalue weighted by molar-refractivity contribution is -0.0424. The van der Waals surface area contributed by atoms with Gasteiger partial charge in [-0.3, -0.25) is 4.79 Å². The molecule has 0 aromatic heterocycles. The van der Waals surface area contributed by atoms with Crippen LogP contribution in [0.5, 0.6) is 0 Å². The second kappa shape index (κ2) is 4.34. The van der Waals surface area contributed by atoms with E-state index < -0.39 is 11.7 Å². The van der Waals surface area contributed by atoms with Gasteiger partial charge in [0.2, 0.25) is 0 Å². The summed E-state index contributed by atoms with van der Waals surface area (Å²) in [6.07, 6.45) is -0.0716. The van der Waals surface area contributed by atoms with Gasteiger partial charge in [-0.2, -0.15) is 0 Å². The number of ketones is 1. The zero-order valence-electron chi connectivity index (χ0n) is 10.7. The van der Waals surface area contributed by atoms with Crippen LogP contribution in [-0.4, -0.2) is 16.0 Å². The lowest BCUT2D eigenvalue weighted by atomic mass is 9.72. The van der Waals surface area contributed by atoms with Crippen molar-refractivity contribution in [3.63, 3.8) is 0 Å². The van der Waals surface area contributed by atoms with Crippen LogP contribution in [-0.2, 0) is 6.42 Å². The molecule has 1 aliphatic carbocycles. The summed E-state index contributed by atoms with van der Waals surface area (Å²) in [7, 11) is 0. The summed E-state index contributed by atoms with van der Waals surface area (Å²) < 4.78 is 0. The molecule has 2 rings (SSSR count). The maximum Gasteiger partial charge on any atom is 0.179 e. The smallest absolute Gasteiger partial charge is 0.179 e. The van der Waals surface area contributed by atoms with Crippen molar-refractivity contribution >= 4 is 17.4 Å². The third-order valence-electron chi connectivity index (χ3n) is 3.74. The molecule has 0 heterocycles. The van der Waals surface area contributed by atoms with Gasteiger partial charge in [0, 0.05) is 16.5 Å². The Morgan fingerprint density at radius 3 is 2.56 bits per heavy atom. The summed E-state index contributed by atoms with van der Waals surface area (Å²) in [6.45, 7) is 5.66. The molecule has 0 saturated heterocycles. The first-order valence-corrected chi connectivity index (χ1v) is 6.36. The first kappa shape index (κ1) is 13.5. The van der Waals surface area contributed by atoms with Crippen LogP contribution in [0.15, 0.2) is 6.07 Å². The highest BCUT2D eigenvalue weighted by Gasteiger charge is 2.37. The van der Waals surface area contributed by atoms with Crippen molar-refractivity contribution in [3.05, 3.63) is 33.3 Å². The normalized spacial score (nSPS) is 18.1. The van der Waals surface area contributed by atoms with E-state index in [4.69, 9.17) is 11.6 Å². The summed E-state index contributed by atoms with van der Waals surface area (Å²) in [4.78, 5) is 12.4. The summed E-state index contributed by atoms with van der Waals surface area (Å²) in [5.74, 6) is -0.0145. The monoisotopic (exact) mass is 268 g/mol. The molecule has 0 bridgehead atoms.